The molecule has 5 nitrogen and oxygen atoms in total. The molecule has 0 radical (unpaired) electrons. The third kappa shape index (κ3) is 4.79. The van der Waals surface area contributed by atoms with Crippen LogP contribution in [0.2, 0.25) is 0 Å². The molecule has 0 spiro atoms. The summed E-state index contributed by atoms with van der Waals surface area (Å²) in [6.07, 6.45) is 1.00. The van der Waals surface area contributed by atoms with Crippen molar-refractivity contribution in [1.82, 2.24) is 5.32 Å². The summed E-state index contributed by atoms with van der Waals surface area (Å²) in [6, 6.07) is 5.62. The fourth-order valence-corrected chi connectivity index (χ4v) is 1.76. The molecular formula is C14H22N2O3. The summed E-state index contributed by atoms with van der Waals surface area (Å²) in [7, 11) is 3.19. The summed E-state index contributed by atoms with van der Waals surface area (Å²) in [5.74, 6) is 1.35. The van der Waals surface area contributed by atoms with Crippen molar-refractivity contribution in [3.05, 3.63) is 23.8 Å². The van der Waals surface area contributed by atoms with Crippen molar-refractivity contribution in [3.63, 3.8) is 0 Å². The molecule has 1 amide bonds. The van der Waals surface area contributed by atoms with Crippen molar-refractivity contribution in [2.45, 2.75) is 25.8 Å². The molecule has 0 aromatic heterocycles. The molecule has 0 bridgehead atoms. The van der Waals surface area contributed by atoms with E-state index in [-0.39, 0.29) is 11.9 Å². The fraction of sp³-hybridized carbons (Fsp3) is 0.500. The molecule has 0 aliphatic heterocycles. The van der Waals surface area contributed by atoms with E-state index in [0.29, 0.717) is 30.9 Å². The second-order valence-electron chi connectivity index (χ2n) is 4.43. The van der Waals surface area contributed by atoms with Crippen LogP contribution in [-0.4, -0.2) is 32.7 Å². The smallest absolute Gasteiger partial charge is 0.220 e. The monoisotopic (exact) mass is 266 g/mol. The van der Waals surface area contributed by atoms with Crippen LogP contribution >= 0.6 is 0 Å². The molecule has 19 heavy (non-hydrogen) atoms. The lowest BCUT2D eigenvalue weighted by atomic mass is 10.1. The molecule has 0 fully saturated rings. The number of aryl methyl sites for hydroxylation is 1. The second kappa shape index (κ2) is 7.63. The normalized spacial score (nSPS) is 11.8. The van der Waals surface area contributed by atoms with E-state index >= 15 is 0 Å². The predicted octanol–water partition coefficient (Wildman–Crippen LogP) is 1.10. The maximum atomic E-state index is 11.6. The van der Waals surface area contributed by atoms with E-state index < -0.39 is 0 Å². The minimum absolute atomic E-state index is 0.0119. The van der Waals surface area contributed by atoms with Crippen LogP contribution in [0.25, 0.3) is 0 Å². The van der Waals surface area contributed by atoms with Crippen molar-refractivity contribution in [1.29, 1.82) is 0 Å². The Morgan fingerprint density at radius 3 is 2.68 bits per heavy atom. The number of hydrogen-bond acceptors (Lipinski definition) is 4. The van der Waals surface area contributed by atoms with Gasteiger partial charge in [0.2, 0.25) is 5.91 Å². The van der Waals surface area contributed by atoms with Gasteiger partial charge >= 0.3 is 0 Å². The number of amides is 1. The molecule has 106 valence electrons. The molecule has 3 N–H and O–H groups in total. The molecule has 0 aliphatic carbocycles. The Bertz CT molecular complexity index is 419. The van der Waals surface area contributed by atoms with Gasteiger partial charge in [0.1, 0.15) is 0 Å². The average molecular weight is 266 g/mol. The van der Waals surface area contributed by atoms with E-state index in [9.17, 15) is 4.79 Å². The SMILES string of the molecule is COc1cccc(CCC(=O)NCC(C)N)c1OC. The zero-order valence-electron chi connectivity index (χ0n) is 11.7. The van der Waals surface area contributed by atoms with Gasteiger partial charge in [0.05, 0.1) is 14.2 Å². The maximum Gasteiger partial charge on any atom is 0.220 e. The Labute approximate surface area is 114 Å². The highest BCUT2D eigenvalue weighted by atomic mass is 16.5. The zero-order valence-corrected chi connectivity index (χ0v) is 11.7. The topological polar surface area (TPSA) is 73.6 Å². The molecule has 0 saturated heterocycles. The summed E-state index contributed by atoms with van der Waals surface area (Å²) in [5.41, 5.74) is 6.54. The lowest BCUT2D eigenvalue weighted by Crippen LogP contribution is -2.35. The Balaban J connectivity index is 2.60. The highest BCUT2D eigenvalue weighted by Crippen LogP contribution is 2.31. The van der Waals surface area contributed by atoms with E-state index in [4.69, 9.17) is 15.2 Å². The van der Waals surface area contributed by atoms with Crippen LogP contribution in [-0.2, 0) is 11.2 Å². The third-order valence-corrected chi connectivity index (χ3v) is 2.73. The van der Waals surface area contributed by atoms with Gasteiger partial charge in [-0.3, -0.25) is 4.79 Å². The standard InChI is InChI=1S/C14H22N2O3/c1-10(15)9-16-13(17)8-7-11-5-4-6-12(18-2)14(11)19-3/h4-6,10H,7-9,15H2,1-3H3,(H,16,17). The lowest BCUT2D eigenvalue weighted by Gasteiger charge is -2.12. The Kier molecular flexibility index (Phi) is 6.15. The highest BCUT2D eigenvalue weighted by Gasteiger charge is 2.11. The summed E-state index contributed by atoms with van der Waals surface area (Å²) >= 11 is 0. The number of hydrogen-bond donors (Lipinski definition) is 2. The molecule has 1 rings (SSSR count). The minimum Gasteiger partial charge on any atom is -0.493 e. The predicted molar refractivity (Wildman–Crippen MR) is 74.5 cm³/mol. The lowest BCUT2D eigenvalue weighted by molar-refractivity contribution is -0.121. The molecule has 1 unspecified atom stereocenters. The molecule has 0 aliphatic rings. The van der Waals surface area contributed by atoms with Crippen molar-refractivity contribution in [3.8, 4) is 11.5 Å². The Hall–Kier alpha value is -1.75. The maximum absolute atomic E-state index is 11.6. The summed E-state index contributed by atoms with van der Waals surface area (Å²) in [6.45, 7) is 2.35. The Morgan fingerprint density at radius 2 is 2.11 bits per heavy atom. The first kappa shape index (κ1) is 15.3. The molecule has 5 heteroatoms. The summed E-state index contributed by atoms with van der Waals surface area (Å²) in [4.78, 5) is 11.6. The van der Waals surface area contributed by atoms with Gasteiger partial charge in [-0.15, -0.1) is 0 Å². The van der Waals surface area contributed by atoms with Crippen LogP contribution in [0, 0.1) is 0 Å². The minimum atomic E-state index is -0.0321. The molecule has 1 aromatic carbocycles. The molecule has 1 atom stereocenters. The first-order chi connectivity index (χ1) is 9.08. The quantitative estimate of drug-likeness (QED) is 0.775. The number of carbonyl (C=O) groups excluding carboxylic acids is 1. The van der Waals surface area contributed by atoms with E-state index in [1.165, 1.54) is 0 Å². The van der Waals surface area contributed by atoms with Gasteiger partial charge in [-0.1, -0.05) is 12.1 Å². The van der Waals surface area contributed by atoms with Crippen molar-refractivity contribution in [2.75, 3.05) is 20.8 Å². The van der Waals surface area contributed by atoms with Crippen molar-refractivity contribution < 1.29 is 14.3 Å². The number of carbonyl (C=O) groups is 1. The van der Waals surface area contributed by atoms with Gasteiger partial charge in [0.25, 0.3) is 0 Å². The van der Waals surface area contributed by atoms with Gasteiger partial charge in [-0.05, 0) is 25.0 Å². The zero-order chi connectivity index (χ0) is 14.3. The van der Waals surface area contributed by atoms with E-state index in [2.05, 4.69) is 5.32 Å². The number of methoxy groups -OCH3 is 2. The van der Waals surface area contributed by atoms with Crippen molar-refractivity contribution >= 4 is 5.91 Å². The van der Waals surface area contributed by atoms with Crippen LogP contribution in [0.5, 0.6) is 11.5 Å². The number of rotatable bonds is 7. The van der Waals surface area contributed by atoms with Crippen molar-refractivity contribution in [2.24, 2.45) is 5.73 Å². The van der Waals surface area contributed by atoms with Crippen LogP contribution in [0.1, 0.15) is 18.9 Å². The van der Waals surface area contributed by atoms with Crippen LogP contribution in [0.4, 0.5) is 0 Å². The highest BCUT2D eigenvalue weighted by molar-refractivity contribution is 5.76. The first-order valence-electron chi connectivity index (χ1n) is 6.30. The van der Waals surface area contributed by atoms with Crippen LogP contribution < -0.4 is 20.5 Å². The summed E-state index contributed by atoms with van der Waals surface area (Å²) in [5, 5.41) is 2.78. The van der Waals surface area contributed by atoms with Crippen LogP contribution in [0.15, 0.2) is 18.2 Å². The number of ether oxygens (including phenoxy) is 2. The van der Waals surface area contributed by atoms with Gasteiger partial charge in [0.15, 0.2) is 11.5 Å². The number of nitrogens with two attached hydrogens (primary N) is 1. The molecule has 0 saturated carbocycles. The van der Waals surface area contributed by atoms with E-state index in [0.717, 1.165) is 5.56 Å². The molecular weight excluding hydrogens is 244 g/mol. The third-order valence-electron chi connectivity index (χ3n) is 2.73. The number of nitrogens with one attached hydrogen (secondary N) is 1. The fourth-order valence-electron chi connectivity index (χ4n) is 1.76. The van der Waals surface area contributed by atoms with E-state index in [1.54, 1.807) is 14.2 Å². The second-order valence-corrected chi connectivity index (χ2v) is 4.43. The van der Waals surface area contributed by atoms with Gasteiger partial charge in [-0.25, -0.2) is 0 Å². The molecule has 1 aromatic rings. The molecule has 0 heterocycles. The largest absolute Gasteiger partial charge is 0.493 e. The Morgan fingerprint density at radius 1 is 1.37 bits per heavy atom. The summed E-state index contributed by atoms with van der Waals surface area (Å²) < 4.78 is 10.5. The number of para-hydroxylation sites is 1. The van der Waals surface area contributed by atoms with Gasteiger partial charge in [-0.2, -0.15) is 0 Å². The number of benzene rings is 1. The van der Waals surface area contributed by atoms with E-state index in [1.807, 2.05) is 25.1 Å². The van der Waals surface area contributed by atoms with Crippen LogP contribution in [0.3, 0.4) is 0 Å². The van der Waals surface area contributed by atoms with Gasteiger partial charge in [0, 0.05) is 19.0 Å². The average Bonchev–Trinajstić information content (AvgIpc) is 2.42. The van der Waals surface area contributed by atoms with Gasteiger partial charge < -0.3 is 20.5 Å². The first-order valence-corrected chi connectivity index (χ1v) is 6.30.